The lowest BCUT2D eigenvalue weighted by molar-refractivity contribution is -0.149. The molecule has 1 aliphatic carbocycles. The Morgan fingerprint density at radius 3 is 2.76 bits per heavy atom. The third-order valence-electron chi connectivity index (χ3n) is 4.00. The summed E-state index contributed by atoms with van der Waals surface area (Å²) in [5.74, 6) is 0.123. The molecule has 1 aliphatic rings. The fourth-order valence-corrected chi connectivity index (χ4v) is 2.94. The van der Waals surface area contributed by atoms with E-state index in [4.69, 9.17) is 16.3 Å². The number of aromatic hydroxyl groups is 1. The average molecular weight is 312 g/mol. The zero-order valence-corrected chi connectivity index (χ0v) is 13.0. The Balaban J connectivity index is 1.79. The molecule has 0 radical (unpaired) electrons. The molecule has 2 rings (SSSR count). The molecule has 5 heteroatoms. The number of halogens is 1. The largest absolute Gasteiger partial charge is 0.506 e. The first-order valence-electron chi connectivity index (χ1n) is 7.48. The van der Waals surface area contributed by atoms with Crippen LogP contribution in [0.2, 0.25) is 5.02 Å². The number of phenolic OH excluding ortho intramolecular Hbond substituents is 1. The second-order valence-corrected chi connectivity index (χ2v) is 5.84. The Bertz CT molecular complexity index is 484. The van der Waals surface area contributed by atoms with Gasteiger partial charge < -0.3 is 15.2 Å². The predicted molar refractivity (Wildman–Crippen MR) is 82.3 cm³/mol. The van der Waals surface area contributed by atoms with Gasteiger partial charge in [-0.25, -0.2) is 0 Å². The van der Waals surface area contributed by atoms with Gasteiger partial charge in [0.25, 0.3) is 0 Å². The van der Waals surface area contributed by atoms with Crippen molar-refractivity contribution in [3.63, 3.8) is 0 Å². The van der Waals surface area contributed by atoms with E-state index in [1.165, 1.54) is 0 Å². The van der Waals surface area contributed by atoms with Gasteiger partial charge >= 0.3 is 5.97 Å². The molecule has 0 bridgehead atoms. The SMILES string of the molecule is CCOC(=O)C1CCC(NCc2cccc(Cl)c2O)CC1. The lowest BCUT2D eigenvalue weighted by Crippen LogP contribution is -2.35. The van der Waals surface area contributed by atoms with Crippen molar-refractivity contribution in [3.05, 3.63) is 28.8 Å². The second-order valence-electron chi connectivity index (χ2n) is 5.43. The van der Waals surface area contributed by atoms with E-state index in [0.29, 0.717) is 24.2 Å². The van der Waals surface area contributed by atoms with Gasteiger partial charge in [-0.2, -0.15) is 0 Å². The lowest BCUT2D eigenvalue weighted by atomic mass is 9.86. The fourth-order valence-electron chi connectivity index (χ4n) is 2.75. The van der Waals surface area contributed by atoms with Crippen LogP contribution in [0.25, 0.3) is 0 Å². The molecule has 0 saturated heterocycles. The van der Waals surface area contributed by atoms with E-state index in [2.05, 4.69) is 5.32 Å². The van der Waals surface area contributed by atoms with Crippen LogP contribution in [0.15, 0.2) is 18.2 Å². The van der Waals surface area contributed by atoms with E-state index in [0.717, 1.165) is 31.2 Å². The number of ether oxygens (including phenoxy) is 1. The number of phenols is 1. The van der Waals surface area contributed by atoms with Crippen molar-refractivity contribution in [2.24, 2.45) is 5.92 Å². The molecular weight excluding hydrogens is 290 g/mol. The minimum Gasteiger partial charge on any atom is -0.506 e. The first-order valence-corrected chi connectivity index (χ1v) is 7.86. The summed E-state index contributed by atoms with van der Waals surface area (Å²) in [7, 11) is 0. The number of esters is 1. The van der Waals surface area contributed by atoms with Crippen molar-refractivity contribution in [1.29, 1.82) is 0 Å². The van der Waals surface area contributed by atoms with Crippen molar-refractivity contribution in [2.75, 3.05) is 6.61 Å². The number of rotatable bonds is 5. The standard InChI is InChI=1S/C16H22ClNO3/c1-2-21-16(20)11-6-8-13(9-7-11)18-10-12-4-3-5-14(17)15(12)19/h3-5,11,13,18-19H,2,6-10H2,1H3. The third-order valence-corrected chi connectivity index (χ3v) is 4.30. The molecule has 0 spiro atoms. The zero-order valence-electron chi connectivity index (χ0n) is 12.3. The number of carbonyl (C=O) groups is 1. The van der Waals surface area contributed by atoms with Crippen molar-refractivity contribution in [2.45, 2.75) is 45.2 Å². The van der Waals surface area contributed by atoms with Crippen LogP contribution in [-0.2, 0) is 16.1 Å². The second kappa shape index (κ2) is 7.66. The van der Waals surface area contributed by atoms with Gasteiger partial charge in [0.05, 0.1) is 17.5 Å². The molecule has 1 aromatic carbocycles. The molecule has 21 heavy (non-hydrogen) atoms. The molecule has 4 nitrogen and oxygen atoms in total. The Morgan fingerprint density at radius 2 is 2.10 bits per heavy atom. The van der Waals surface area contributed by atoms with E-state index in [1.807, 2.05) is 19.1 Å². The Morgan fingerprint density at radius 1 is 1.38 bits per heavy atom. The van der Waals surface area contributed by atoms with Gasteiger partial charge in [-0.15, -0.1) is 0 Å². The van der Waals surface area contributed by atoms with Crippen LogP contribution in [-0.4, -0.2) is 23.7 Å². The van der Waals surface area contributed by atoms with E-state index >= 15 is 0 Å². The van der Waals surface area contributed by atoms with Crippen LogP contribution in [0.3, 0.4) is 0 Å². The molecule has 1 saturated carbocycles. The normalized spacial score (nSPS) is 22.0. The summed E-state index contributed by atoms with van der Waals surface area (Å²) < 4.78 is 5.07. The molecule has 0 atom stereocenters. The monoisotopic (exact) mass is 311 g/mol. The molecule has 1 fully saturated rings. The minimum absolute atomic E-state index is 0.0440. The van der Waals surface area contributed by atoms with Gasteiger partial charge in [-0.3, -0.25) is 4.79 Å². The lowest BCUT2D eigenvalue weighted by Gasteiger charge is -2.28. The molecular formula is C16H22ClNO3. The van der Waals surface area contributed by atoms with Crippen molar-refractivity contribution < 1.29 is 14.6 Å². The Hall–Kier alpha value is -1.26. The van der Waals surface area contributed by atoms with Crippen LogP contribution in [0.5, 0.6) is 5.75 Å². The van der Waals surface area contributed by atoms with Crippen molar-refractivity contribution in [1.82, 2.24) is 5.32 Å². The van der Waals surface area contributed by atoms with E-state index in [9.17, 15) is 9.90 Å². The quantitative estimate of drug-likeness (QED) is 0.820. The van der Waals surface area contributed by atoms with E-state index < -0.39 is 0 Å². The van der Waals surface area contributed by atoms with Gasteiger partial charge in [0, 0.05) is 18.2 Å². The number of carbonyl (C=O) groups excluding carboxylic acids is 1. The number of hydrogen-bond acceptors (Lipinski definition) is 4. The van der Waals surface area contributed by atoms with Gasteiger partial charge in [0.15, 0.2) is 0 Å². The molecule has 0 unspecified atom stereocenters. The minimum atomic E-state index is -0.0663. The Labute approximate surface area is 130 Å². The van der Waals surface area contributed by atoms with Crippen molar-refractivity contribution in [3.8, 4) is 5.75 Å². The highest BCUT2D eigenvalue weighted by Crippen LogP contribution is 2.28. The van der Waals surface area contributed by atoms with Crippen molar-refractivity contribution >= 4 is 17.6 Å². The maximum atomic E-state index is 11.7. The van der Waals surface area contributed by atoms with Gasteiger partial charge in [0.2, 0.25) is 0 Å². The molecule has 0 heterocycles. The summed E-state index contributed by atoms with van der Waals surface area (Å²) in [6.45, 7) is 2.87. The van der Waals surface area contributed by atoms with Gasteiger partial charge in [0.1, 0.15) is 5.75 Å². The van der Waals surface area contributed by atoms with Crippen LogP contribution >= 0.6 is 11.6 Å². The highest BCUT2D eigenvalue weighted by atomic mass is 35.5. The first-order chi connectivity index (χ1) is 10.1. The fraction of sp³-hybridized carbons (Fsp3) is 0.562. The number of nitrogens with one attached hydrogen (secondary N) is 1. The molecule has 0 amide bonds. The van der Waals surface area contributed by atoms with Crippen LogP contribution in [0.1, 0.15) is 38.2 Å². The zero-order chi connectivity index (χ0) is 15.2. The first kappa shape index (κ1) is 16.1. The summed E-state index contributed by atoms with van der Waals surface area (Å²) in [4.78, 5) is 11.7. The Kier molecular flexibility index (Phi) is 5.88. The highest BCUT2D eigenvalue weighted by Gasteiger charge is 2.27. The van der Waals surface area contributed by atoms with E-state index in [1.54, 1.807) is 6.07 Å². The predicted octanol–water partition coefficient (Wildman–Crippen LogP) is 3.26. The van der Waals surface area contributed by atoms with Gasteiger partial charge in [-0.1, -0.05) is 23.7 Å². The number of benzene rings is 1. The topological polar surface area (TPSA) is 58.6 Å². The summed E-state index contributed by atoms with van der Waals surface area (Å²) in [6.07, 6.45) is 3.62. The number of hydrogen-bond donors (Lipinski definition) is 2. The van der Waals surface area contributed by atoms with Gasteiger partial charge in [-0.05, 0) is 38.7 Å². The average Bonchev–Trinajstić information content (AvgIpc) is 2.49. The molecule has 1 aromatic rings. The summed E-state index contributed by atoms with van der Waals surface area (Å²) in [6, 6.07) is 5.73. The van der Waals surface area contributed by atoms with Crippen LogP contribution < -0.4 is 5.32 Å². The molecule has 0 aromatic heterocycles. The van der Waals surface area contributed by atoms with Crippen LogP contribution in [0.4, 0.5) is 0 Å². The summed E-state index contributed by atoms with van der Waals surface area (Å²) in [5.41, 5.74) is 0.801. The smallest absolute Gasteiger partial charge is 0.308 e. The summed E-state index contributed by atoms with van der Waals surface area (Å²) >= 11 is 5.89. The molecule has 0 aliphatic heterocycles. The third kappa shape index (κ3) is 4.35. The van der Waals surface area contributed by atoms with E-state index in [-0.39, 0.29) is 17.6 Å². The molecule has 2 N–H and O–H groups in total. The van der Waals surface area contributed by atoms with Crippen LogP contribution in [0, 0.1) is 5.92 Å². The maximum Gasteiger partial charge on any atom is 0.308 e. The molecule has 116 valence electrons. The number of para-hydroxylation sites is 1. The highest BCUT2D eigenvalue weighted by molar-refractivity contribution is 6.32. The maximum absolute atomic E-state index is 11.7. The summed E-state index contributed by atoms with van der Waals surface area (Å²) in [5, 5.41) is 13.7.